The van der Waals surface area contributed by atoms with Gasteiger partial charge in [-0.1, -0.05) is 60.7 Å². The highest BCUT2D eigenvalue weighted by Gasteiger charge is 2.23. The lowest BCUT2D eigenvalue weighted by atomic mass is 10.0. The van der Waals surface area contributed by atoms with Crippen molar-refractivity contribution < 1.29 is 4.42 Å². The number of hydrogen-bond acceptors (Lipinski definition) is 1. The summed E-state index contributed by atoms with van der Waals surface area (Å²) in [5.41, 5.74) is 8.12. The third kappa shape index (κ3) is 1.74. The van der Waals surface area contributed by atoms with Gasteiger partial charge >= 0.3 is 0 Å². The maximum atomic E-state index is 6.44. The molecule has 5 aromatic carbocycles. The molecular formula is C31H18N2O. The van der Waals surface area contributed by atoms with Gasteiger partial charge in [-0.05, 0) is 35.7 Å². The highest BCUT2D eigenvalue weighted by molar-refractivity contribution is 6.36. The minimum absolute atomic E-state index is 0.936. The van der Waals surface area contributed by atoms with Crippen LogP contribution in [0.1, 0.15) is 0 Å². The largest absolute Gasteiger partial charge is 0.456 e. The van der Waals surface area contributed by atoms with Gasteiger partial charge in [0.05, 0.1) is 33.0 Å². The van der Waals surface area contributed by atoms with Crippen LogP contribution < -0.4 is 0 Å². The zero-order chi connectivity index (χ0) is 22.1. The molecule has 0 fully saturated rings. The number of fused-ring (bicyclic) bond motifs is 9. The molecule has 0 atom stereocenters. The first-order valence-corrected chi connectivity index (χ1v) is 11.7. The van der Waals surface area contributed by atoms with Crippen molar-refractivity contribution in [3.63, 3.8) is 0 Å². The molecule has 9 rings (SSSR count). The van der Waals surface area contributed by atoms with Gasteiger partial charge in [-0.3, -0.25) is 0 Å². The van der Waals surface area contributed by atoms with Crippen LogP contribution in [-0.4, -0.2) is 8.97 Å². The van der Waals surface area contributed by atoms with Crippen molar-refractivity contribution in [1.82, 2.24) is 8.97 Å². The molecule has 3 heteroatoms. The molecule has 0 unspecified atom stereocenters. The second-order valence-electron chi connectivity index (χ2n) is 9.40. The Balaban J connectivity index is 1.77. The summed E-state index contributed by atoms with van der Waals surface area (Å²) in [5, 5.41) is 10.1. The Morgan fingerprint density at radius 3 is 2.09 bits per heavy atom. The van der Waals surface area contributed by atoms with Crippen molar-refractivity contribution in [2.75, 3.05) is 0 Å². The van der Waals surface area contributed by atoms with Crippen LogP contribution in [0.4, 0.5) is 0 Å². The van der Waals surface area contributed by atoms with E-state index in [0.717, 1.165) is 11.2 Å². The van der Waals surface area contributed by atoms with Crippen molar-refractivity contribution in [2.24, 2.45) is 7.05 Å². The van der Waals surface area contributed by atoms with Crippen LogP contribution >= 0.6 is 0 Å². The van der Waals surface area contributed by atoms with Crippen LogP contribution in [0.3, 0.4) is 0 Å². The van der Waals surface area contributed by atoms with Crippen molar-refractivity contribution >= 4 is 81.8 Å². The van der Waals surface area contributed by atoms with Gasteiger partial charge in [0.15, 0.2) is 0 Å². The SMILES string of the molecule is Cn1c2cccc3c2c2c(cc4oc5ccccc5c4c21)c1cccc2c4ccccc4n3c12. The third-order valence-electron chi connectivity index (χ3n) is 7.83. The van der Waals surface area contributed by atoms with E-state index in [1.54, 1.807) is 0 Å². The maximum absolute atomic E-state index is 6.44. The van der Waals surface area contributed by atoms with Gasteiger partial charge < -0.3 is 13.4 Å². The van der Waals surface area contributed by atoms with E-state index in [2.05, 4.69) is 101 Å². The lowest BCUT2D eigenvalue weighted by Gasteiger charge is -2.04. The topological polar surface area (TPSA) is 22.5 Å². The molecule has 9 aromatic rings. The Morgan fingerprint density at radius 1 is 0.500 bits per heavy atom. The molecule has 0 aliphatic carbocycles. The summed E-state index contributed by atoms with van der Waals surface area (Å²) < 4.78 is 11.3. The molecular weight excluding hydrogens is 416 g/mol. The Morgan fingerprint density at radius 2 is 1.18 bits per heavy atom. The summed E-state index contributed by atoms with van der Waals surface area (Å²) >= 11 is 0. The zero-order valence-electron chi connectivity index (χ0n) is 18.5. The molecule has 0 spiro atoms. The smallest absolute Gasteiger partial charge is 0.138 e. The normalized spacial score (nSPS) is 12.9. The van der Waals surface area contributed by atoms with Gasteiger partial charge in [-0.15, -0.1) is 0 Å². The number of hydrogen-bond donors (Lipinski definition) is 0. The lowest BCUT2D eigenvalue weighted by Crippen LogP contribution is -1.89. The summed E-state index contributed by atoms with van der Waals surface area (Å²) in [5.74, 6) is 0. The second-order valence-corrected chi connectivity index (χ2v) is 9.40. The first-order chi connectivity index (χ1) is 16.8. The van der Waals surface area contributed by atoms with E-state index < -0.39 is 0 Å². The number of nitrogens with zero attached hydrogens (tertiary/aromatic N) is 2. The fourth-order valence-corrected chi connectivity index (χ4v) is 6.52. The van der Waals surface area contributed by atoms with E-state index in [-0.39, 0.29) is 0 Å². The molecule has 0 aliphatic rings. The van der Waals surface area contributed by atoms with Crippen LogP contribution in [0.15, 0.2) is 95.4 Å². The van der Waals surface area contributed by atoms with Crippen LogP contribution in [0, 0.1) is 0 Å². The van der Waals surface area contributed by atoms with E-state index >= 15 is 0 Å². The van der Waals surface area contributed by atoms with Crippen LogP contribution in [-0.2, 0) is 7.05 Å². The zero-order valence-corrected chi connectivity index (χ0v) is 18.5. The van der Waals surface area contributed by atoms with Crippen molar-refractivity contribution in [2.45, 2.75) is 0 Å². The lowest BCUT2D eigenvalue weighted by molar-refractivity contribution is 0.669. The predicted molar refractivity (Wildman–Crippen MR) is 142 cm³/mol. The third-order valence-corrected chi connectivity index (χ3v) is 7.83. The highest BCUT2D eigenvalue weighted by atomic mass is 16.3. The average Bonchev–Trinajstić information content (AvgIpc) is 3.48. The second kappa shape index (κ2) is 5.52. The molecule has 0 N–H and O–H groups in total. The summed E-state index contributed by atoms with van der Waals surface area (Å²) in [6.07, 6.45) is 0. The Labute approximate surface area is 193 Å². The van der Waals surface area contributed by atoms with E-state index in [0.29, 0.717) is 0 Å². The van der Waals surface area contributed by atoms with Crippen molar-refractivity contribution in [3.05, 3.63) is 91.0 Å². The van der Waals surface area contributed by atoms with Gasteiger partial charge in [0, 0.05) is 39.4 Å². The fraction of sp³-hybridized carbons (Fsp3) is 0.0323. The summed E-state index contributed by atoms with van der Waals surface area (Å²) in [4.78, 5) is 0. The Bertz CT molecular complexity index is 2290. The number of furan rings is 1. The molecule has 4 heterocycles. The van der Waals surface area contributed by atoms with E-state index in [1.807, 2.05) is 6.07 Å². The molecule has 0 radical (unpaired) electrons. The molecule has 0 amide bonds. The summed E-state index contributed by atoms with van der Waals surface area (Å²) in [6.45, 7) is 0. The fourth-order valence-electron chi connectivity index (χ4n) is 6.52. The standard InChI is InChI=1S/C31H18N2O/c1-32-23-13-7-14-24-29(23)28-21(16-26-27(31(28)32)20-9-3-5-15-25(20)34-26)19-11-6-10-18-17-8-2-4-12-22(17)33(24)30(18)19/h2-16H,1H3. The van der Waals surface area contributed by atoms with E-state index in [4.69, 9.17) is 4.42 Å². The minimum atomic E-state index is 0.936. The number of para-hydroxylation sites is 3. The van der Waals surface area contributed by atoms with Gasteiger partial charge in [-0.25, -0.2) is 0 Å². The van der Waals surface area contributed by atoms with Crippen molar-refractivity contribution in [1.29, 1.82) is 0 Å². The highest BCUT2D eigenvalue weighted by Crippen LogP contribution is 2.46. The molecule has 0 saturated carbocycles. The van der Waals surface area contributed by atoms with E-state index in [9.17, 15) is 0 Å². The van der Waals surface area contributed by atoms with Gasteiger partial charge in [0.1, 0.15) is 11.2 Å². The molecule has 34 heavy (non-hydrogen) atoms. The minimum Gasteiger partial charge on any atom is -0.456 e. The van der Waals surface area contributed by atoms with Gasteiger partial charge in [0.25, 0.3) is 0 Å². The molecule has 0 saturated heterocycles. The van der Waals surface area contributed by atoms with E-state index in [1.165, 1.54) is 70.7 Å². The van der Waals surface area contributed by atoms with Gasteiger partial charge in [-0.2, -0.15) is 0 Å². The average molecular weight is 434 g/mol. The quantitative estimate of drug-likeness (QED) is 0.235. The molecule has 3 nitrogen and oxygen atoms in total. The van der Waals surface area contributed by atoms with Crippen LogP contribution in [0.25, 0.3) is 81.8 Å². The van der Waals surface area contributed by atoms with Crippen molar-refractivity contribution in [3.8, 4) is 0 Å². The Hall–Kier alpha value is -4.50. The number of benzene rings is 5. The maximum Gasteiger partial charge on any atom is 0.138 e. The number of aryl methyl sites for hydroxylation is 1. The van der Waals surface area contributed by atoms with Crippen LogP contribution in [0.2, 0.25) is 0 Å². The summed E-state index contributed by atoms with van der Waals surface area (Å²) in [6, 6.07) is 32.9. The molecule has 4 aromatic heterocycles. The first kappa shape index (κ1) is 17.0. The first-order valence-electron chi connectivity index (χ1n) is 11.7. The molecule has 158 valence electrons. The van der Waals surface area contributed by atoms with Crippen LogP contribution in [0.5, 0.6) is 0 Å². The summed E-state index contributed by atoms with van der Waals surface area (Å²) in [7, 11) is 2.19. The molecule has 0 aliphatic heterocycles. The molecule has 0 bridgehead atoms. The Kier molecular flexibility index (Phi) is 2.77. The monoisotopic (exact) mass is 434 g/mol. The number of aromatic nitrogens is 2. The van der Waals surface area contributed by atoms with Gasteiger partial charge in [0.2, 0.25) is 0 Å². The number of rotatable bonds is 0. The predicted octanol–water partition coefficient (Wildman–Crippen LogP) is 8.38.